The highest BCUT2D eigenvalue weighted by Gasteiger charge is 2.36. The summed E-state index contributed by atoms with van der Waals surface area (Å²) in [5.74, 6) is -0.317. The molecule has 33 heavy (non-hydrogen) atoms. The van der Waals surface area contributed by atoms with Crippen LogP contribution in [0.5, 0.6) is 5.75 Å². The van der Waals surface area contributed by atoms with Crippen LogP contribution in [0.4, 0.5) is 18.9 Å². The molecule has 0 atom stereocenters. The number of carbonyl (C=O) groups excluding carboxylic acids is 1. The number of anilines is 1. The van der Waals surface area contributed by atoms with Crippen LogP contribution in [-0.4, -0.2) is 27.6 Å². The van der Waals surface area contributed by atoms with Gasteiger partial charge in [-0.15, -0.1) is 0 Å². The Kier molecular flexibility index (Phi) is 6.13. The van der Waals surface area contributed by atoms with Crippen LogP contribution in [0.2, 0.25) is 15.1 Å². The van der Waals surface area contributed by atoms with E-state index >= 15 is 0 Å². The first-order valence-electron chi connectivity index (χ1n) is 9.16. The van der Waals surface area contributed by atoms with Gasteiger partial charge in [-0.25, -0.2) is 9.50 Å². The first-order valence-corrected chi connectivity index (χ1v) is 10.3. The molecule has 0 saturated carbocycles. The zero-order valence-corrected chi connectivity index (χ0v) is 18.8. The first-order chi connectivity index (χ1) is 15.6. The number of ether oxygens (including phenoxy) is 1. The number of hydrogen-bond donors (Lipinski definition) is 1. The molecule has 0 saturated heterocycles. The molecule has 0 spiro atoms. The van der Waals surface area contributed by atoms with Crippen molar-refractivity contribution in [3.05, 3.63) is 75.0 Å². The molecule has 6 nitrogen and oxygen atoms in total. The summed E-state index contributed by atoms with van der Waals surface area (Å²) in [6, 6.07) is 11.4. The van der Waals surface area contributed by atoms with Gasteiger partial charge in [-0.1, -0.05) is 34.8 Å². The molecule has 0 unspecified atom stereocenters. The van der Waals surface area contributed by atoms with Gasteiger partial charge >= 0.3 is 6.18 Å². The van der Waals surface area contributed by atoms with E-state index in [1.165, 1.54) is 25.3 Å². The molecule has 1 amide bonds. The molecule has 4 rings (SSSR count). The number of methoxy groups -OCH3 is 1. The van der Waals surface area contributed by atoms with E-state index in [2.05, 4.69) is 15.4 Å². The lowest BCUT2D eigenvalue weighted by Gasteiger charge is -2.11. The fourth-order valence-corrected chi connectivity index (χ4v) is 3.56. The molecule has 0 fully saturated rings. The van der Waals surface area contributed by atoms with Gasteiger partial charge in [0.1, 0.15) is 10.8 Å². The Balaban J connectivity index is 1.81. The highest BCUT2D eigenvalue weighted by atomic mass is 35.5. The van der Waals surface area contributed by atoms with Crippen molar-refractivity contribution in [3.63, 3.8) is 0 Å². The van der Waals surface area contributed by atoms with Crippen LogP contribution in [0.25, 0.3) is 16.9 Å². The summed E-state index contributed by atoms with van der Waals surface area (Å²) >= 11 is 18.0. The van der Waals surface area contributed by atoms with Crippen molar-refractivity contribution in [1.82, 2.24) is 14.6 Å². The van der Waals surface area contributed by atoms with Crippen molar-refractivity contribution in [2.24, 2.45) is 0 Å². The summed E-state index contributed by atoms with van der Waals surface area (Å²) in [6.45, 7) is 0. The van der Waals surface area contributed by atoms with Crippen LogP contribution >= 0.6 is 34.8 Å². The van der Waals surface area contributed by atoms with Crippen LogP contribution in [0, 0.1) is 0 Å². The van der Waals surface area contributed by atoms with Crippen LogP contribution in [-0.2, 0) is 6.18 Å². The molecule has 2 aromatic heterocycles. The Bertz CT molecular complexity index is 1370. The maximum Gasteiger partial charge on any atom is 0.433 e. The van der Waals surface area contributed by atoms with E-state index in [4.69, 9.17) is 39.5 Å². The number of benzene rings is 2. The number of amides is 1. The number of alkyl halides is 3. The van der Waals surface area contributed by atoms with Crippen molar-refractivity contribution in [2.45, 2.75) is 6.18 Å². The lowest BCUT2D eigenvalue weighted by molar-refractivity contribution is -0.142. The second-order valence-electron chi connectivity index (χ2n) is 6.73. The molecular formula is C21H12Cl3F3N4O2. The summed E-state index contributed by atoms with van der Waals surface area (Å²) in [7, 11) is 1.47. The zero-order chi connectivity index (χ0) is 23.9. The fraction of sp³-hybridized carbons (Fsp3) is 0.0952. The smallest absolute Gasteiger partial charge is 0.433 e. The number of aromatic nitrogens is 3. The summed E-state index contributed by atoms with van der Waals surface area (Å²) in [6.07, 6.45) is -4.80. The summed E-state index contributed by atoms with van der Waals surface area (Å²) in [4.78, 5) is 16.9. The van der Waals surface area contributed by atoms with E-state index in [1.54, 1.807) is 24.3 Å². The predicted molar refractivity (Wildman–Crippen MR) is 119 cm³/mol. The summed E-state index contributed by atoms with van der Waals surface area (Å²) in [5, 5.41) is 6.38. The summed E-state index contributed by atoms with van der Waals surface area (Å²) in [5.41, 5.74) is -1.26. The van der Waals surface area contributed by atoms with Gasteiger partial charge in [0.15, 0.2) is 17.0 Å². The predicted octanol–water partition coefficient (Wildman–Crippen LogP) is 6.64. The van der Waals surface area contributed by atoms with Gasteiger partial charge in [0, 0.05) is 11.3 Å². The Morgan fingerprint density at radius 2 is 1.73 bits per heavy atom. The number of halogens is 6. The fourth-order valence-electron chi connectivity index (χ4n) is 3.01. The molecule has 1 N–H and O–H groups in total. The summed E-state index contributed by atoms with van der Waals surface area (Å²) < 4.78 is 47.0. The SMILES string of the molecule is COc1ccc(-c2cc(C(F)(F)F)n3nc(C(=O)Nc4ccc(Cl)c(Cl)c4)c(Cl)c3n2)cc1. The quantitative estimate of drug-likeness (QED) is 0.331. The van der Waals surface area contributed by atoms with Crippen LogP contribution < -0.4 is 10.1 Å². The average molecular weight is 516 g/mol. The van der Waals surface area contributed by atoms with Gasteiger partial charge in [-0.2, -0.15) is 18.3 Å². The molecule has 0 aliphatic carbocycles. The van der Waals surface area contributed by atoms with Crippen molar-refractivity contribution >= 4 is 52.0 Å². The van der Waals surface area contributed by atoms with E-state index in [9.17, 15) is 18.0 Å². The van der Waals surface area contributed by atoms with Crippen molar-refractivity contribution in [1.29, 1.82) is 0 Å². The highest BCUT2D eigenvalue weighted by molar-refractivity contribution is 6.42. The number of carbonyl (C=O) groups is 1. The maximum absolute atomic E-state index is 13.8. The van der Waals surface area contributed by atoms with Crippen molar-refractivity contribution < 1.29 is 22.7 Å². The van der Waals surface area contributed by atoms with Gasteiger partial charge in [-0.3, -0.25) is 4.79 Å². The van der Waals surface area contributed by atoms with E-state index in [-0.39, 0.29) is 32.1 Å². The Morgan fingerprint density at radius 3 is 2.33 bits per heavy atom. The lowest BCUT2D eigenvalue weighted by atomic mass is 10.1. The number of rotatable bonds is 4. The second kappa shape index (κ2) is 8.74. The number of nitrogens with one attached hydrogen (secondary N) is 1. The molecule has 2 aromatic carbocycles. The normalized spacial score (nSPS) is 11.6. The van der Waals surface area contributed by atoms with Crippen molar-refractivity contribution in [3.8, 4) is 17.0 Å². The Morgan fingerprint density at radius 1 is 1.03 bits per heavy atom. The molecular weight excluding hydrogens is 504 g/mol. The molecule has 0 radical (unpaired) electrons. The van der Waals surface area contributed by atoms with Gasteiger partial charge in [0.2, 0.25) is 0 Å². The third kappa shape index (κ3) is 4.57. The minimum absolute atomic E-state index is 0.00396. The minimum atomic E-state index is -4.80. The Labute approximate surface area is 199 Å². The molecule has 12 heteroatoms. The zero-order valence-electron chi connectivity index (χ0n) is 16.5. The topological polar surface area (TPSA) is 68.5 Å². The molecule has 0 bridgehead atoms. The highest BCUT2D eigenvalue weighted by Crippen LogP contribution is 2.35. The lowest BCUT2D eigenvalue weighted by Crippen LogP contribution is -2.15. The second-order valence-corrected chi connectivity index (χ2v) is 7.93. The Hall–Kier alpha value is -3.01. The van der Waals surface area contributed by atoms with E-state index in [1.807, 2.05) is 0 Å². The number of nitrogens with zero attached hydrogens (tertiary/aromatic N) is 3. The van der Waals surface area contributed by atoms with Crippen molar-refractivity contribution in [2.75, 3.05) is 12.4 Å². The molecule has 170 valence electrons. The van der Waals surface area contributed by atoms with Crippen LogP contribution in [0.15, 0.2) is 48.5 Å². The van der Waals surface area contributed by atoms with Crippen LogP contribution in [0.3, 0.4) is 0 Å². The number of hydrogen-bond acceptors (Lipinski definition) is 4. The van der Waals surface area contributed by atoms with E-state index in [0.717, 1.165) is 6.07 Å². The van der Waals surface area contributed by atoms with Gasteiger partial charge in [-0.05, 0) is 48.5 Å². The van der Waals surface area contributed by atoms with Gasteiger partial charge in [0.25, 0.3) is 5.91 Å². The molecule has 4 aromatic rings. The molecule has 2 heterocycles. The molecule has 0 aliphatic rings. The standard InChI is InChI=1S/C21H12Cl3F3N4O2/c1-33-12-5-2-10(3-6-12)15-9-16(21(25,26)27)31-19(29-15)17(24)18(30-31)20(32)28-11-4-7-13(22)14(23)8-11/h2-9H,1H3,(H,28,32). The molecule has 0 aliphatic heterocycles. The third-order valence-electron chi connectivity index (χ3n) is 4.60. The minimum Gasteiger partial charge on any atom is -0.497 e. The average Bonchev–Trinajstić information content (AvgIpc) is 3.11. The van der Waals surface area contributed by atoms with Gasteiger partial charge in [0.05, 0.1) is 22.8 Å². The van der Waals surface area contributed by atoms with E-state index < -0.39 is 23.5 Å². The monoisotopic (exact) mass is 514 g/mol. The van der Waals surface area contributed by atoms with Crippen LogP contribution in [0.1, 0.15) is 16.2 Å². The van der Waals surface area contributed by atoms with Gasteiger partial charge < -0.3 is 10.1 Å². The number of fused-ring (bicyclic) bond motifs is 1. The largest absolute Gasteiger partial charge is 0.497 e. The third-order valence-corrected chi connectivity index (χ3v) is 5.69. The maximum atomic E-state index is 13.8. The first kappa shape index (κ1) is 23.2. The van der Waals surface area contributed by atoms with E-state index in [0.29, 0.717) is 15.8 Å².